The maximum atomic E-state index is 11.8. The van der Waals surface area contributed by atoms with Crippen LogP contribution in [-0.4, -0.2) is 5.78 Å². The van der Waals surface area contributed by atoms with Gasteiger partial charge in [0.2, 0.25) is 0 Å². The van der Waals surface area contributed by atoms with Gasteiger partial charge in [-0.2, -0.15) is 0 Å². The summed E-state index contributed by atoms with van der Waals surface area (Å²) in [6, 6.07) is 5.59. The third-order valence-electron chi connectivity index (χ3n) is 2.31. The minimum absolute atomic E-state index is 0.00477. The fourth-order valence-electron chi connectivity index (χ4n) is 1.51. The molecule has 0 saturated heterocycles. The second-order valence-corrected chi connectivity index (χ2v) is 6.85. The predicted octanol–water partition coefficient (Wildman–Crippen LogP) is 4.98. The zero-order valence-corrected chi connectivity index (χ0v) is 11.9. The molecule has 1 nitrogen and oxygen atoms in total. The molecule has 88 valence electrons. The quantitative estimate of drug-likeness (QED) is 0.573. The van der Waals surface area contributed by atoms with E-state index in [-0.39, 0.29) is 5.78 Å². The number of carbonyl (C=O) groups excluding carboxylic acids is 1. The fourth-order valence-corrected chi connectivity index (χ4v) is 3.39. The van der Waals surface area contributed by atoms with Gasteiger partial charge in [0.05, 0.1) is 9.21 Å². The van der Waals surface area contributed by atoms with Crippen LogP contribution in [-0.2, 0) is 0 Å². The zero-order chi connectivity index (χ0) is 12.4. The predicted molar refractivity (Wildman–Crippen MR) is 76.5 cm³/mol. The van der Waals surface area contributed by atoms with E-state index in [1.807, 2.05) is 6.08 Å². The average Bonchev–Trinajstić information content (AvgIpc) is 2.82. The SMILES string of the molecule is Cc1cc(/C=C/C(=O)c2ccc(Cl)s2)c(C)s1. The van der Waals surface area contributed by atoms with Crippen molar-refractivity contribution in [2.75, 3.05) is 0 Å². The van der Waals surface area contributed by atoms with E-state index >= 15 is 0 Å². The topological polar surface area (TPSA) is 17.1 Å². The number of carbonyl (C=O) groups is 1. The number of allylic oxidation sites excluding steroid dienone is 1. The van der Waals surface area contributed by atoms with Gasteiger partial charge >= 0.3 is 0 Å². The molecule has 0 fully saturated rings. The lowest BCUT2D eigenvalue weighted by molar-refractivity contribution is 0.105. The van der Waals surface area contributed by atoms with Crippen LogP contribution in [0.1, 0.15) is 25.0 Å². The maximum Gasteiger partial charge on any atom is 0.195 e. The first-order valence-electron chi connectivity index (χ1n) is 5.11. The van der Waals surface area contributed by atoms with Crippen LogP contribution in [0.25, 0.3) is 6.08 Å². The number of rotatable bonds is 3. The Morgan fingerprint density at radius 2 is 2.06 bits per heavy atom. The summed E-state index contributed by atoms with van der Waals surface area (Å²) in [4.78, 5) is 15.0. The summed E-state index contributed by atoms with van der Waals surface area (Å²) in [5, 5.41) is 0. The van der Waals surface area contributed by atoms with Gasteiger partial charge in [-0.25, -0.2) is 0 Å². The van der Waals surface area contributed by atoms with E-state index in [0.717, 1.165) is 5.56 Å². The summed E-state index contributed by atoms with van der Waals surface area (Å²) < 4.78 is 0.643. The number of thiophene rings is 2. The third-order valence-corrected chi connectivity index (χ3v) is 4.54. The largest absolute Gasteiger partial charge is 0.288 e. The molecule has 2 aromatic rings. The van der Waals surface area contributed by atoms with E-state index in [2.05, 4.69) is 19.9 Å². The normalized spacial score (nSPS) is 11.2. The summed E-state index contributed by atoms with van der Waals surface area (Å²) in [5.74, 6) is 0.00477. The minimum Gasteiger partial charge on any atom is -0.288 e. The van der Waals surface area contributed by atoms with Crippen LogP contribution in [0, 0.1) is 13.8 Å². The molecule has 0 bridgehead atoms. The molecule has 0 unspecified atom stereocenters. The summed E-state index contributed by atoms with van der Waals surface area (Å²) in [6.45, 7) is 4.12. The highest BCUT2D eigenvalue weighted by Crippen LogP contribution is 2.24. The highest BCUT2D eigenvalue weighted by atomic mass is 35.5. The number of halogens is 1. The monoisotopic (exact) mass is 282 g/mol. The Morgan fingerprint density at radius 1 is 1.29 bits per heavy atom. The summed E-state index contributed by atoms with van der Waals surface area (Å²) in [5.41, 5.74) is 1.11. The summed E-state index contributed by atoms with van der Waals surface area (Å²) in [6.07, 6.45) is 3.48. The van der Waals surface area contributed by atoms with Gasteiger partial charge in [0, 0.05) is 9.75 Å². The number of aryl methyl sites for hydroxylation is 2. The Bertz CT molecular complexity index is 578. The molecule has 0 aliphatic carbocycles. The van der Waals surface area contributed by atoms with Crippen LogP contribution >= 0.6 is 34.3 Å². The highest BCUT2D eigenvalue weighted by Gasteiger charge is 2.05. The molecular formula is C13H11ClOS2. The third kappa shape index (κ3) is 3.06. The molecule has 0 amide bonds. The second kappa shape index (κ2) is 5.17. The molecular weight excluding hydrogens is 272 g/mol. The van der Waals surface area contributed by atoms with Crippen molar-refractivity contribution in [2.45, 2.75) is 13.8 Å². The maximum absolute atomic E-state index is 11.8. The van der Waals surface area contributed by atoms with Gasteiger partial charge in [0.15, 0.2) is 5.78 Å². The van der Waals surface area contributed by atoms with Crippen molar-refractivity contribution in [1.82, 2.24) is 0 Å². The van der Waals surface area contributed by atoms with Crippen LogP contribution in [0.3, 0.4) is 0 Å². The van der Waals surface area contributed by atoms with Crippen molar-refractivity contribution < 1.29 is 4.79 Å². The molecule has 0 N–H and O–H groups in total. The van der Waals surface area contributed by atoms with Crippen molar-refractivity contribution in [3.05, 3.63) is 48.8 Å². The van der Waals surface area contributed by atoms with Crippen LogP contribution in [0.15, 0.2) is 24.3 Å². The van der Waals surface area contributed by atoms with E-state index in [1.54, 1.807) is 29.5 Å². The van der Waals surface area contributed by atoms with E-state index in [1.165, 1.54) is 21.1 Å². The summed E-state index contributed by atoms with van der Waals surface area (Å²) >= 11 is 8.84. The molecule has 0 atom stereocenters. The molecule has 0 aliphatic rings. The average molecular weight is 283 g/mol. The molecule has 2 heterocycles. The van der Waals surface area contributed by atoms with Gasteiger partial charge in [0.1, 0.15) is 0 Å². The van der Waals surface area contributed by atoms with Crippen LogP contribution in [0.2, 0.25) is 4.34 Å². The minimum atomic E-state index is 0.00477. The molecule has 2 aromatic heterocycles. The Kier molecular flexibility index (Phi) is 3.82. The van der Waals surface area contributed by atoms with E-state index in [9.17, 15) is 4.79 Å². The van der Waals surface area contributed by atoms with Gasteiger partial charge < -0.3 is 0 Å². The molecule has 0 spiro atoms. The zero-order valence-electron chi connectivity index (χ0n) is 9.49. The first-order chi connectivity index (χ1) is 8.06. The van der Waals surface area contributed by atoms with Crippen LogP contribution < -0.4 is 0 Å². The first-order valence-corrected chi connectivity index (χ1v) is 7.12. The van der Waals surface area contributed by atoms with Crippen molar-refractivity contribution in [2.24, 2.45) is 0 Å². The van der Waals surface area contributed by atoms with Gasteiger partial charge in [-0.05, 0) is 49.8 Å². The lowest BCUT2D eigenvalue weighted by Crippen LogP contribution is -1.88. The molecule has 0 radical (unpaired) electrons. The lowest BCUT2D eigenvalue weighted by Gasteiger charge is -1.90. The Morgan fingerprint density at radius 3 is 2.59 bits per heavy atom. The second-order valence-electron chi connectivity index (χ2n) is 3.67. The van der Waals surface area contributed by atoms with Crippen molar-refractivity contribution in [3.8, 4) is 0 Å². The smallest absolute Gasteiger partial charge is 0.195 e. The Labute approximate surface area is 113 Å². The lowest BCUT2D eigenvalue weighted by atomic mass is 10.2. The number of ketones is 1. The Hall–Kier alpha value is -0.900. The molecule has 0 aromatic carbocycles. The molecule has 0 aliphatic heterocycles. The van der Waals surface area contributed by atoms with Crippen molar-refractivity contribution in [3.63, 3.8) is 0 Å². The van der Waals surface area contributed by atoms with Gasteiger partial charge in [0.25, 0.3) is 0 Å². The van der Waals surface area contributed by atoms with E-state index in [0.29, 0.717) is 9.21 Å². The van der Waals surface area contributed by atoms with Gasteiger partial charge in [-0.15, -0.1) is 22.7 Å². The van der Waals surface area contributed by atoms with Crippen LogP contribution in [0.4, 0.5) is 0 Å². The van der Waals surface area contributed by atoms with Gasteiger partial charge in [-0.1, -0.05) is 11.6 Å². The van der Waals surface area contributed by atoms with Gasteiger partial charge in [-0.3, -0.25) is 4.79 Å². The molecule has 2 rings (SSSR count). The van der Waals surface area contributed by atoms with Crippen molar-refractivity contribution in [1.29, 1.82) is 0 Å². The fraction of sp³-hybridized carbons (Fsp3) is 0.154. The molecule has 17 heavy (non-hydrogen) atoms. The number of hydrogen-bond acceptors (Lipinski definition) is 3. The van der Waals surface area contributed by atoms with E-state index < -0.39 is 0 Å². The van der Waals surface area contributed by atoms with E-state index in [4.69, 9.17) is 11.6 Å². The van der Waals surface area contributed by atoms with Crippen LogP contribution in [0.5, 0.6) is 0 Å². The van der Waals surface area contributed by atoms with Crippen molar-refractivity contribution >= 4 is 46.1 Å². The summed E-state index contributed by atoms with van der Waals surface area (Å²) in [7, 11) is 0. The number of hydrogen-bond donors (Lipinski definition) is 0. The first kappa shape index (κ1) is 12.6. The standard InChI is InChI=1S/C13H11ClOS2/c1-8-7-10(9(2)16-8)3-4-11(15)12-5-6-13(14)17-12/h3-7H,1-2H3/b4-3+. The molecule has 0 saturated carbocycles. The highest BCUT2D eigenvalue weighted by molar-refractivity contribution is 7.18. The Balaban J connectivity index is 2.16. The molecule has 4 heteroatoms.